The number of benzene rings is 3. The Balaban J connectivity index is 1.49. The first-order valence-electron chi connectivity index (χ1n) is 10.3. The Hall–Kier alpha value is -3.35. The quantitative estimate of drug-likeness (QED) is 0.554. The lowest BCUT2D eigenvalue weighted by Gasteiger charge is -2.24. The third-order valence-corrected chi connectivity index (χ3v) is 5.78. The standard InChI is InChI=1S/C25H23ClN2O4/c26-20-8-4-16(5-9-20)14-27-24(31)23-13-22(30)15-28(23)25(32)19-3-1-2-18(12-19)17-6-10-21(29)11-7-17/h1-12,22-23,29-30H,13-15H2,(H,27,31)/t22-,23+/m1/s1. The van der Waals surface area contributed by atoms with Crippen LogP contribution in [0.1, 0.15) is 22.3 Å². The number of carbonyl (C=O) groups excluding carboxylic acids is 2. The Labute approximate surface area is 191 Å². The zero-order valence-electron chi connectivity index (χ0n) is 17.2. The van der Waals surface area contributed by atoms with Crippen LogP contribution in [0.4, 0.5) is 0 Å². The molecule has 1 aliphatic rings. The maximum absolute atomic E-state index is 13.2. The van der Waals surface area contributed by atoms with Crippen molar-refractivity contribution < 1.29 is 19.8 Å². The van der Waals surface area contributed by atoms with Gasteiger partial charge in [-0.05, 0) is 53.1 Å². The number of aromatic hydroxyl groups is 1. The number of β-amino-alcohol motifs (C(OH)–C–C–N with tert-alkyl or cyclic N) is 1. The van der Waals surface area contributed by atoms with Crippen LogP contribution in [0, 0.1) is 0 Å². The molecular formula is C25H23ClN2O4. The predicted molar refractivity (Wildman–Crippen MR) is 122 cm³/mol. The Morgan fingerprint density at radius 3 is 2.44 bits per heavy atom. The second-order valence-corrected chi connectivity index (χ2v) is 8.27. The third-order valence-electron chi connectivity index (χ3n) is 5.53. The van der Waals surface area contributed by atoms with E-state index in [9.17, 15) is 19.8 Å². The second kappa shape index (κ2) is 9.42. The molecule has 1 saturated heterocycles. The molecule has 3 aromatic rings. The number of nitrogens with zero attached hydrogens (tertiary/aromatic N) is 1. The van der Waals surface area contributed by atoms with Crippen LogP contribution < -0.4 is 5.32 Å². The van der Waals surface area contributed by atoms with E-state index in [4.69, 9.17) is 11.6 Å². The smallest absolute Gasteiger partial charge is 0.254 e. The first-order valence-corrected chi connectivity index (χ1v) is 10.7. The summed E-state index contributed by atoms with van der Waals surface area (Å²) < 4.78 is 0. The largest absolute Gasteiger partial charge is 0.508 e. The fourth-order valence-electron chi connectivity index (χ4n) is 3.85. The van der Waals surface area contributed by atoms with Gasteiger partial charge in [-0.3, -0.25) is 9.59 Å². The fraction of sp³-hybridized carbons (Fsp3) is 0.200. The number of nitrogens with one attached hydrogen (secondary N) is 1. The molecule has 0 spiro atoms. The summed E-state index contributed by atoms with van der Waals surface area (Å²) in [6, 6.07) is 20.2. The zero-order chi connectivity index (χ0) is 22.7. The van der Waals surface area contributed by atoms with Crippen LogP contribution in [-0.2, 0) is 11.3 Å². The summed E-state index contributed by atoms with van der Waals surface area (Å²) in [6.07, 6.45) is -0.568. The van der Waals surface area contributed by atoms with Crippen LogP contribution in [0.25, 0.3) is 11.1 Å². The highest BCUT2D eigenvalue weighted by molar-refractivity contribution is 6.30. The maximum Gasteiger partial charge on any atom is 0.254 e. The van der Waals surface area contributed by atoms with Crippen LogP contribution in [0.3, 0.4) is 0 Å². The highest BCUT2D eigenvalue weighted by Gasteiger charge is 2.39. The van der Waals surface area contributed by atoms with Gasteiger partial charge in [-0.1, -0.05) is 48.0 Å². The van der Waals surface area contributed by atoms with E-state index >= 15 is 0 Å². The molecule has 32 heavy (non-hydrogen) atoms. The SMILES string of the molecule is O=C(NCc1ccc(Cl)cc1)[C@@H]1C[C@@H](O)CN1C(=O)c1cccc(-c2ccc(O)cc2)c1. The third kappa shape index (κ3) is 4.93. The van der Waals surface area contributed by atoms with Gasteiger partial charge in [0, 0.05) is 30.1 Å². The number of phenols is 1. The lowest BCUT2D eigenvalue weighted by molar-refractivity contribution is -0.125. The molecular weight excluding hydrogens is 428 g/mol. The van der Waals surface area contributed by atoms with Gasteiger partial charge in [0.1, 0.15) is 11.8 Å². The molecule has 0 aliphatic carbocycles. The lowest BCUT2D eigenvalue weighted by Crippen LogP contribution is -2.45. The van der Waals surface area contributed by atoms with Gasteiger partial charge in [0.25, 0.3) is 5.91 Å². The Bertz CT molecular complexity index is 1120. The molecule has 7 heteroatoms. The molecule has 6 nitrogen and oxygen atoms in total. The molecule has 2 atom stereocenters. The fourth-order valence-corrected chi connectivity index (χ4v) is 3.97. The van der Waals surface area contributed by atoms with Crippen LogP contribution in [0.15, 0.2) is 72.8 Å². The summed E-state index contributed by atoms with van der Waals surface area (Å²) in [7, 11) is 0. The number of aliphatic hydroxyl groups excluding tert-OH is 1. The Morgan fingerprint density at radius 2 is 1.72 bits per heavy atom. The minimum absolute atomic E-state index is 0.0985. The molecule has 164 valence electrons. The molecule has 2 amide bonds. The molecule has 0 unspecified atom stereocenters. The van der Waals surface area contributed by atoms with Crippen molar-refractivity contribution in [2.24, 2.45) is 0 Å². The molecule has 0 bridgehead atoms. The molecule has 3 N–H and O–H groups in total. The Morgan fingerprint density at radius 1 is 1.00 bits per heavy atom. The topological polar surface area (TPSA) is 89.9 Å². The van der Waals surface area contributed by atoms with Crippen molar-refractivity contribution in [3.63, 3.8) is 0 Å². The van der Waals surface area contributed by atoms with E-state index in [1.807, 2.05) is 18.2 Å². The van der Waals surface area contributed by atoms with Gasteiger partial charge >= 0.3 is 0 Å². The van der Waals surface area contributed by atoms with Crippen LogP contribution in [0.5, 0.6) is 5.75 Å². The normalized spacial score (nSPS) is 17.9. The number of hydrogen-bond donors (Lipinski definition) is 3. The van der Waals surface area contributed by atoms with E-state index in [2.05, 4.69) is 5.32 Å². The van der Waals surface area contributed by atoms with Crippen molar-refractivity contribution in [1.82, 2.24) is 10.2 Å². The number of halogens is 1. The second-order valence-electron chi connectivity index (χ2n) is 7.83. The number of hydrogen-bond acceptors (Lipinski definition) is 4. The van der Waals surface area contributed by atoms with Crippen LogP contribution in [0.2, 0.25) is 5.02 Å². The number of aliphatic hydroxyl groups is 1. The number of amides is 2. The van der Waals surface area contributed by atoms with E-state index in [0.29, 0.717) is 17.1 Å². The van der Waals surface area contributed by atoms with Gasteiger partial charge in [-0.15, -0.1) is 0 Å². The number of rotatable bonds is 5. The molecule has 4 rings (SSSR count). The van der Waals surface area contributed by atoms with Crippen molar-refractivity contribution in [2.75, 3.05) is 6.54 Å². The maximum atomic E-state index is 13.2. The summed E-state index contributed by atoms with van der Waals surface area (Å²) in [4.78, 5) is 27.5. The van der Waals surface area contributed by atoms with Crippen molar-refractivity contribution in [1.29, 1.82) is 0 Å². The predicted octanol–water partition coefficient (Wildman–Crippen LogP) is 3.60. The monoisotopic (exact) mass is 450 g/mol. The van der Waals surface area contributed by atoms with E-state index < -0.39 is 12.1 Å². The minimum atomic E-state index is -0.759. The van der Waals surface area contributed by atoms with Gasteiger partial charge in [-0.25, -0.2) is 0 Å². The van der Waals surface area contributed by atoms with Gasteiger partial charge in [0.05, 0.1) is 6.10 Å². The highest BCUT2D eigenvalue weighted by Crippen LogP contribution is 2.26. The van der Waals surface area contributed by atoms with Crippen molar-refractivity contribution in [3.05, 3.63) is 88.9 Å². The summed E-state index contributed by atoms with van der Waals surface area (Å²) >= 11 is 5.89. The van der Waals surface area contributed by atoms with E-state index in [1.165, 1.54) is 4.90 Å². The van der Waals surface area contributed by atoms with Crippen molar-refractivity contribution in [2.45, 2.75) is 25.1 Å². The van der Waals surface area contributed by atoms with Gasteiger partial charge in [0.15, 0.2) is 0 Å². The first kappa shape index (κ1) is 21.9. The molecule has 0 aromatic heterocycles. The zero-order valence-corrected chi connectivity index (χ0v) is 18.0. The summed E-state index contributed by atoms with van der Waals surface area (Å²) in [5.74, 6) is -0.451. The minimum Gasteiger partial charge on any atom is -0.508 e. The van der Waals surface area contributed by atoms with Crippen molar-refractivity contribution >= 4 is 23.4 Å². The molecule has 0 saturated carbocycles. The number of phenolic OH excluding ortho intramolecular Hbond substituents is 1. The summed E-state index contributed by atoms with van der Waals surface area (Å²) in [5, 5.41) is 23.1. The number of likely N-dealkylation sites (tertiary alicyclic amines) is 1. The van der Waals surface area contributed by atoms with Crippen LogP contribution in [-0.4, -0.2) is 45.6 Å². The average molecular weight is 451 g/mol. The van der Waals surface area contributed by atoms with Crippen molar-refractivity contribution in [3.8, 4) is 16.9 Å². The lowest BCUT2D eigenvalue weighted by atomic mass is 10.0. The molecule has 1 aliphatic heterocycles. The van der Waals surface area contributed by atoms with Gasteiger partial charge in [0.2, 0.25) is 5.91 Å². The van der Waals surface area contributed by atoms with E-state index in [0.717, 1.165) is 16.7 Å². The van der Waals surface area contributed by atoms with E-state index in [-0.39, 0.29) is 30.5 Å². The van der Waals surface area contributed by atoms with Gasteiger partial charge < -0.3 is 20.4 Å². The van der Waals surface area contributed by atoms with Gasteiger partial charge in [-0.2, -0.15) is 0 Å². The Kier molecular flexibility index (Phi) is 6.44. The summed E-state index contributed by atoms with van der Waals surface area (Å²) in [5.41, 5.74) is 3.00. The highest BCUT2D eigenvalue weighted by atomic mass is 35.5. The number of carbonyl (C=O) groups is 2. The molecule has 0 radical (unpaired) electrons. The molecule has 1 heterocycles. The average Bonchev–Trinajstić information content (AvgIpc) is 3.20. The first-order chi connectivity index (χ1) is 15.4. The summed E-state index contributed by atoms with van der Waals surface area (Å²) in [6.45, 7) is 0.405. The van der Waals surface area contributed by atoms with Crippen LogP contribution >= 0.6 is 11.6 Å². The van der Waals surface area contributed by atoms with E-state index in [1.54, 1.807) is 54.6 Å². The molecule has 3 aromatic carbocycles. The molecule has 1 fully saturated rings.